The molecular weight excluding hydrogens is 599 g/mol. The van der Waals surface area contributed by atoms with Crippen molar-refractivity contribution >= 4 is 27.8 Å². The smallest absolute Gasteiger partial charge is 0.128 e. The molecule has 0 saturated carbocycles. The van der Waals surface area contributed by atoms with E-state index in [2.05, 4.69) is 150 Å². The maximum absolute atomic E-state index is 6.65. The molecule has 0 radical (unpaired) electrons. The molecule has 49 heavy (non-hydrogen) atoms. The molecule has 0 N–H and O–H groups in total. The van der Waals surface area contributed by atoms with Gasteiger partial charge in [0.15, 0.2) is 0 Å². The zero-order valence-electron chi connectivity index (χ0n) is 26.6. The predicted molar refractivity (Wildman–Crippen MR) is 198 cm³/mol. The van der Waals surface area contributed by atoms with Crippen LogP contribution in [0.15, 0.2) is 188 Å². The van der Waals surface area contributed by atoms with Gasteiger partial charge < -0.3 is 9.64 Å². The lowest BCUT2D eigenvalue weighted by atomic mass is 9.64. The van der Waals surface area contributed by atoms with E-state index in [1.165, 1.54) is 0 Å². The number of fused-ring (bicyclic) bond motifs is 3. The monoisotopic (exact) mass is 629 g/mol. The van der Waals surface area contributed by atoms with Crippen LogP contribution in [0, 0.1) is 0 Å². The van der Waals surface area contributed by atoms with Gasteiger partial charge in [0.25, 0.3) is 0 Å². The minimum absolute atomic E-state index is 0.712. The third kappa shape index (κ3) is 4.85. The topological polar surface area (TPSA) is 38.2 Å². The van der Waals surface area contributed by atoms with Crippen LogP contribution >= 0.6 is 0 Å². The lowest BCUT2D eigenvalue weighted by Crippen LogP contribution is -2.38. The van der Waals surface area contributed by atoms with Crippen LogP contribution in [-0.4, -0.2) is 9.97 Å². The number of hydrogen-bond donors (Lipinski definition) is 0. The molecule has 0 saturated heterocycles. The molecule has 4 heteroatoms. The summed E-state index contributed by atoms with van der Waals surface area (Å²) in [6.45, 7) is 0. The van der Waals surface area contributed by atoms with E-state index in [0.717, 1.165) is 73.0 Å². The maximum Gasteiger partial charge on any atom is 0.128 e. The number of pyridine rings is 2. The van der Waals surface area contributed by atoms with Crippen molar-refractivity contribution in [2.75, 3.05) is 4.90 Å². The average Bonchev–Trinajstić information content (AvgIpc) is 3.17. The van der Waals surface area contributed by atoms with Crippen LogP contribution in [0.3, 0.4) is 0 Å². The van der Waals surface area contributed by atoms with Gasteiger partial charge >= 0.3 is 0 Å². The van der Waals surface area contributed by atoms with E-state index in [4.69, 9.17) is 14.7 Å². The van der Waals surface area contributed by atoms with E-state index in [9.17, 15) is 0 Å². The molecule has 1 aliphatic rings. The second kappa shape index (κ2) is 11.9. The summed E-state index contributed by atoms with van der Waals surface area (Å²) in [5.74, 6) is 1.49. The van der Waals surface area contributed by atoms with Gasteiger partial charge in [-0.1, -0.05) is 109 Å². The third-order valence-electron chi connectivity index (χ3n) is 9.42. The van der Waals surface area contributed by atoms with E-state index in [1.807, 2.05) is 42.7 Å². The third-order valence-corrected chi connectivity index (χ3v) is 9.42. The predicted octanol–water partition coefficient (Wildman–Crippen LogP) is 11.3. The highest BCUT2D eigenvalue weighted by molar-refractivity contribution is 5.89. The van der Waals surface area contributed by atoms with Gasteiger partial charge in [-0.05, 0) is 88.8 Å². The van der Waals surface area contributed by atoms with Crippen molar-refractivity contribution in [2.45, 2.75) is 5.41 Å². The molecule has 6 aromatic carbocycles. The molecule has 0 aliphatic carbocycles. The van der Waals surface area contributed by atoms with Crippen molar-refractivity contribution in [3.63, 3.8) is 0 Å². The van der Waals surface area contributed by atoms with Crippen LogP contribution in [0.4, 0.5) is 17.1 Å². The fourth-order valence-electron chi connectivity index (χ4n) is 7.31. The first-order valence-corrected chi connectivity index (χ1v) is 16.5. The van der Waals surface area contributed by atoms with Crippen molar-refractivity contribution in [2.24, 2.45) is 0 Å². The second-order valence-electron chi connectivity index (χ2n) is 12.2. The highest BCUT2D eigenvalue weighted by Gasteiger charge is 2.47. The van der Waals surface area contributed by atoms with Crippen LogP contribution in [0.2, 0.25) is 0 Å². The van der Waals surface area contributed by atoms with E-state index in [-0.39, 0.29) is 0 Å². The van der Waals surface area contributed by atoms with Crippen LogP contribution in [-0.2, 0) is 5.41 Å². The molecule has 8 aromatic rings. The van der Waals surface area contributed by atoms with Crippen molar-refractivity contribution < 1.29 is 4.74 Å². The largest absolute Gasteiger partial charge is 0.457 e. The van der Waals surface area contributed by atoms with Gasteiger partial charge in [0.2, 0.25) is 0 Å². The van der Waals surface area contributed by atoms with Crippen LogP contribution < -0.4 is 9.64 Å². The fraction of sp³-hybridized carbons (Fsp3) is 0.0222. The Morgan fingerprint density at radius 1 is 0.490 bits per heavy atom. The quantitative estimate of drug-likeness (QED) is 0.183. The highest BCUT2D eigenvalue weighted by atomic mass is 16.5. The van der Waals surface area contributed by atoms with Gasteiger partial charge in [-0.25, -0.2) is 0 Å². The molecule has 1 aliphatic heterocycles. The SMILES string of the molecule is c1ccc(N2c3ccccc3C(c3cccc(Oc4cccc(-c5cc6ccccc6cn5)c4)c3)(c3ccccn3)c3ccccc32)cc1. The Hall–Kier alpha value is -6.52. The normalized spacial score (nSPS) is 13.0. The number of aromatic nitrogens is 2. The van der Waals surface area contributed by atoms with Gasteiger partial charge in [-0.2, -0.15) is 0 Å². The Kier molecular flexibility index (Phi) is 6.98. The van der Waals surface area contributed by atoms with E-state index in [0.29, 0.717) is 0 Å². The zero-order valence-corrected chi connectivity index (χ0v) is 26.6. The van der Waals surface area contributed by atoms with Gasteiger partial charge in [-0.3, -0.25) is 9.97 Å². The summed E-state index contributed by atoms with van der Waals surface area (Å²) in [7, 11) is 0. The first kappa shape index (κ1) is 28.7. The van der Waals surface area contributed by atoms with E-state index >= 15 is 0 Å². The Morgan fingerprint density at radius 3 is 1.90 bits per heavy atom. The molecule has 232 valence electrons. The van der Waals surface area contributed by atoms with Crippen LogP contribution in [0.1, 0.15) is 22.4 Å². The van der Waals surface area contributed by atoms with Crippen LogP contribution in [0.5, 0.6) is 11.5 Å². The summed E-state index contributed by atoms with van der Waals surface area (Å²) in [5, 5.41) is 2.28. The molecule has 0 spiro atoms. The Morgan fingerprint density at radius 2 is 1.14 bits per heavy atom. The summed E-state index contributed by atoms with van der Waals surface area (Å²) >= 11 is 0. The number of benzene rings is 6. The molecule has 0 atom stereocenters. The standard InChI is InChI=1S/C45H31N3O/c1-2-18-36(19-3-1)48-42-24-8-6-22-39(42)45(44-26-10-11-27-46-44,40-23-7-9-25-43(40)48)35-17-13-21-38(30-35)49-37-20-12-16-33(28-37)41-29-32-14-4-5-15-34(32)31-47-41/h1-31H. The molecule has 4 nitrogen and oxygen atoms in total. The van der Waals surface area contributed by atoms with E-state index < -0.39 is 5.41 Å². The molecular formula is C45H31N3O. The molecule has 0 bridgehead atoms. The Balaban J connectivity index is 1.19. The minimum atomic E-state index is -0.712. The van der Waals surface area contributed by atoms with Crippen molar-refractivity contribution in [1.82, 2.24) is 9.97 Å². The molecule has 0 amide bonds. The number of rotatable bonds is 6. The first-order chi connectivity index (χ1) is 24.3. The summed E-state index contributed by atoms with van der Waals surface area (Å²) < 4.78 is 6.65. The number of anilines is 3. The van der Waals surface area contributed by atoms with Crippen molar-refractivity contribution in [3.8, 4) is 22.8 Å². The number of nitrogens with zero attached hydrogens (tertiary/aromatic N) is 3. The zero-order chi connectivity index (χ0) is 32.6. The lowest BCUT2D eigenvalue weighted by molar-refractivity contribution is 0.481. The molecule has 0 unspecified atom stereocenters. The molecule has 2 aromatic heterocycles. The first-order valence-electron chi connectivity index (χ1n) is 16.5. The summed E-state index contributed by atoms with van der Waals surface area (Å²) in [5.41, 5.74) is 8.85. The average molecular weight is 630 g/mol. The number of hydrogen-bond acceptors (Lipinski definition) is 4. The number of para-hydroxylation sites is 3. The summed E-state index contributed by atoms with van der Waals surface area (Å²) in [6.07, 6.45) is 3.82. The van der Waals surface area contributed by atoms with Gasteiger partial charge in [-0.15, -0.1) is 0 Å². The summed E-state index contributed by atoms with van der Waals surface area (Å²) in [4.78, 5) is 12.2. The van der Waals surface area contributed by atoms with Gasteiger partial charge in [0.05, 0.1) is 28.2 Å². The molecule has 3 heterocycles. The molecule has 0 fully saturated rings. The van der Waals surface area contributed by atoms with Crippen molar-refractivity contribution in [3.05, 3.63) is 211 Å². The lowest BCUT2D eigenvalue weighted by Gasteiger charge is -2.45. The Bertz CT molecular complexity index is 2390. The summed E-state index contributed by atoms with van der Waals surface area (Å²) in [6, 6.07) is 61.2. The number of ether oxygens (including phenoxy) is 1. The Labute approximate surface area is 285 Å². The fourth-order valence-corrected chi connectivity index (χ4v) is 7.31. The highest BCUT2D eigenvalue weighted by Crippen LogP contribution is 2.57. The molecule has 9 rings (SSSR count). The van der Waals surface area contributed by atoms with Crippen LogP contribution in [0.25, 0.3) is 22.0 Å². The van der Waals surface area contributed by atoms with Gasteiger partial charge in [0.1, 0.15) is 11.5 Å². The van der Waals surface area contributed by atoms with E-state index in [1.54, 1.807) is 0 Å². The van der Waals surface area contributed by atoms with Gasteiger partial charge in [0, 0.05) is 29.0 Å². The second-order valence-corrected chi connectivity index (χ2v) is 12.2. The van der Waals surface area contributed by atoms with Crippen molar-refractivity contribution in [1.29, 1.82) is 0 Å². The minimum Gasteiger partial charge on any atom is -0.457 e. The maximum atomic E-state index is 6.65.